The molecule has 0 radical (unpaired) electrons. The van der Waals surface area contributed by atoms with Gasteiger partial charge >= 0.3 is 0 Å². The fourth-order valence-electron chi connectivity index (χ4n) is 2.94. The van der Waals surface area contributed by atoms with E-state index in [-0.39, 0.29) is 18.2 Å². The van der Waals surface area contributed by atoms with E-state index < -0.39 is 0 Å². The quantitative estimate of drug-likeness (QED) is 0.534. The number of hydrogen-bond donors (Lipinski definition) is 1. The van der Waals surface area contributed by atoms with Crippen molar-refractivity contribution >= 4 is 0 Å². The summed E-state index contributed by atoms with van der Waals surface area (Å²) in [5.74, 6) is 0.665. The van der Waals surface area contributed by atoms with E-state index in [2.05, 4.69) is 5.32 Å². The zero-order chi connectivity index (χ0) is 19.8. The summed E-state index contributed by atoms with van der Waals surface area (Å²) in [5.41, 5.74) is 2.05. The van der Waals surface area contributed by atoms with Crippen LogP contribution in [-0.4, -0.2) is 13.7 Å². The molecule has 0 aromatic heterocycles. The molecule has 0 amide bonds. The summed E-state index contributed by atoms with van der Waals surface area (Å²) < 4.78 is 38.9. The summed E-state index contributed by atoms with van der Waals surface area (Å²) in [4.78, 5) is 0. The molecule has 0 saturated heterocycles. The standard InChI is InChI=1S/C23H23F2NO2/c1-27-22-12-6-9-18(15-26-14-13-17-7-2-4-10-20(17)24)23(22)28-16-19-8-3-5-11-21(19)25/h2-12,26H,13-16H2,1H3. The summed E-state index contributed by atoms with van der Waals surface area (Å²) in [7, 11) is 1.57. The average Bonchev–Trinajstić information content (AvgIpc) is 2.72. The van der Waals surface area contributed by atoms with E-state index in [1.165, 1.54) is 12.1 Å². The van der Waals surface area contributed by atoms with E-state index in [4.69, 9.17) is 9.47 Å². The largest absolute Gasteiger partial charge is 0.493 e. The molecule has 0 saturated carbocycles. The van der Waals surface area contributed by atoms with Crippen molar-refractivity contribution in [2.45, 2.75) is 19.6 Å². The topological polar surface area (TPSA) is 30.5 Å². The van der Waals surface area contributed by atoms with Crippen molar-refractivity contribution in [2.75, 3.05) is 13.7 Å². The van der Waals surface area contributed by atoms with Gasteiger partial charge in [-0.3, -0.25) is 0 Å². The predicted octanol–water partition coefficient (Wildman–Crippen LogP) is 4.88. The molecule has 3 nitrogen and oxygen atoms in total. The third-order valence-corrected chi connectivity index (χ3v) is 4.45. The smallest absolute Gasteiger partial charge is 0.166 e. The van der Waals surface area contributed by atoms with Crippen LogP contribution in [0.25, 0.3) is 0 Å². The minimum atomic E-state index is -0.304. The van der Waals surface area contributed by atoms with Crippen LogP contribution in [0.15, 0.2) is 66.7 Å². The molecule has 0 aliphatic carbocycles. The highest BCUT2D eigenvalue weighted by Gasteiger charge is 2.12. The van der Waals surface area contributed by atoms with Gasteiger partial charge in [-0.05, 0) is 36.7 Å². The second kappa shape index (κ2) is 9.85. The number of rotatable bonds is 9. The molecule has 5 heteroatoms. The first-order valence-electron chi connectivity index (χ1n) is 9.15. The van der Waals surface area contributed by atoms with Gasteiger partial charge in [0.15, 0.2) is 11.5 Å². The average molecular weight is 383 g/mol. The number of hydrogen-bond acceptors (Lipinski definition) is 3. The molecular weight excluding hydrogens is 360 g/mol. The van der Waals surface area contributed by atoms with Crippen LogP contribution in [0.4, 0.5) is 8.78 Å². The second-order valence-corrected chi connectivity index (χ2v) is 6.35. The highest BCUT2D eigenvalue weighted by Crippen LogP contribution is 2.32. The third kappa shape index (κ3) is 5.08. The summed E-state index contributed by atoms with van der Waals surface area (Å²) in [6, 6.07) is 18.9. The van der Waals surface area contributed by atoms with E-state index >= 15 is 0 Å². The maximum Gasteiger partial charge on any atom is 0.166 e. The van der Waals surface area contributed by atoms with Crippen molar-refractivity contribution in [3.05, 3.63) is 95.1 Å². The number of halogens is 2. The molecule has 0 fully saturated rings. The number of ether oxygens (including phenoxy) is 2. The number of nitrogens with one attached hydrogen (secondary N) is 1. The fraction of sp³-hybridized carbons (Fsp3) is 0.217. The summed E-state index contributed by atoms with van der Waals surface area (Å²) in [6.07, 6.45) is 0.585. The van der Waals surface area contributed by atoms with Gasteiger partial charge < -0.3 is 14.8 Å². The maximum absolute atomic E-state index is 13.9. The van der Waals surface area contributed by atoms with Crippen molar-refractivity contribution in [1.29, 1.82) is 0 Å². The van der Waals surface area contributed by atoms with E-state index in [1.54, 1.807) is 43.5 Å². The van der Waals surface area contributed by atoms with Crippen molar-refractivity contribution in [1.82, 2.24) is 5.32 Å². The second-order valence-electron chi connectivity index (χ2n) is 6.35. The van der Waals surface area contributed by atoms with E-state index in [9.17, 15) is 8.78 Å². The van der Waals surface area contributed by atoms with Gasteiger partial charge in [-0.15, -0.1) is 0 Å². The molecular formula is C23H23F2NO2. The Labute approximate surface area is 163 Å². The van der Waals surface area contributed by atoms with Crippen LogP contribution in [-0.2, 0) is 19.6 Å². The lowest BCUT2D eigenvalue weighted by molar-refractivity contribution is 0.276. The first kappa shape index (κ1) is 19.8. The molecule has 0 atom stereocenters. The molecule has 0 unspecified atom stereocenters. The van der Waals surface area contributed by atoms with E-state index in [0.717, 1.165) is 5.56 Å². The molecule has 0 bridgehead atoms. The van der Waals surface area contributed by atoms with Gasteiger partial charge in [0.1, 0.15) is 18.2 Å². The molecule has 3 aromatic carbocycles. The number of benzene rings is 3. The van der Waals surface area contributed by atoms with Crippen LogP contribution < -0.4 is 14.8 Å². The van der Waals surface area contributed by atoms with Gasteiger partial charge in [-0.1, -0.05) is 48.5 Å². The van der Waals surface area contributed by atoms with Gasteiger partial charge in [-0.2, -0.15) is 0 Å². The Kier molecular flexibility index (Phi) is 6.98. The molecule has 146 valence electrons. The van der Waals surface area contributed by atoms with E-state index in [0.29, 0.717) is 42.1 Å². The van der Waals surface area contributed by atoms with Crippen LogP contribution in [0, 0.1) is 11.6 Å². The molecule has 1 N–H and O–H groups in total. The highest BCUT2D eigenvalue weighted by molar-refractivity contribution is 5.46. The molecule has 0 aliphatic heterocycles. The lowest BCUT2D eigenvalue weighted by atomic mass is 10.1. The Balaban J connectivity index is 1.64. The highest BCUT2D eigenvalue weighted by atomic mass is 19.1. The Morgan fingerprint density at radius 3 is 2.11 bits per heavy atom. The summed E-state index contributed by atoms with van der Waals surface area (Å²) >= 11 is 0. The SMILES string of the molecule is COc1cccc(CNCCc2ccccc2F)c1OCc1ccccc1F. The van der Waals surface area contributed by atoms with Crippen LogP contribution in [0.3, 0.4) is 0 Å². The number of methoxy groups -OCH3 is 1. The Bertz CT molecular complexity index is 915. The minimum absolute atomic E-state index is 0.106. The first-order valence-corrected chi connectivity index (χ1v) is 9.15. The van der Waals surface area contributed by atoms with Gasteiger partial charge in [0, 0.05) is 17.7 Å². The Hall–Kier alpha value is -2.92. The van der Waals surface area contributed by atoms with Crippen LogP contribution in [0.5, 0.6) is 11.5 Å². The van der Waals surface area contributed by atoms with Crippen molar-refractivity contribution in [3.63, 3.8) is 0 Å². The van der Waals surface area contributed by atoms with Gasteiger partial charge in [0.05, 0.1) is 7.11 Å². The lowest BCUT2D eigenvalue weighted by Gasteiger charge is -2.16. The lowest BCUT2D eigenvalue weighted by Crippen LogP contribution is -2.18. The Morgan fingerprint density at radius 1 is 0.786 bits per heavy atom. The van der Waals surface area contributed by atoms with Gasteiger partial charge in [-0.25, -0.2) is 8.78 Å². The predicted molar refractivity (Wildman–Crippen MR) is 106 cm³/mol. The molecule has 3 aromatic rings. The van der Waals surface area contributed by atoms with Crippen molar-refractivity contribution < 1.29 is 18.3 Å². The molecule has 0 aliphatic rings. The summed E-state index contributed by atoms with van der Waals surface area (Å²) in [6.45, 7) is 1.25. The summed E-state index contributed by atoms with van der Waals surface area (Å²) in [5, 5.41) is 3.30. The first-order chi connectivity index (χ1) is 13.7. The Morgan fingerprint density at radius 2 is 1.43 bits per heavy atom. The molecule has 0 heterocycles. The van der Waals surface area contributed by atoms with Crippen LogP contribution in [0.2, 0.25) is 0 Å². The fourth-order valence-corrected chi connectivity index (χ4v) is 2.94. The monoisotopic (exact) mass is 383 g/mol. The zero-order valence-electron chi connectivity index (χ0n) is 15.8. The van der Waals surface area contributed by atoms with Crippen LogP contribution >= 0.6 is 0 Å². The third-order valence-electron chi connectivity index (χ3n) is 4.45. The minimum Gasteiger partial charge on any atom is -0.493 e. The molecule has 3 rings (SSSR count). The van der Waals surface area contributed by atoms with Crippen LogP contribution in [0.1, 0.15) is 16.7 Å². The zero-order valence-corrected chi connectivity index (χ0v) is 15.8. The van der Waals surface area contributed by atoms with E-state index in [1.807, 2.05) is 18.2 Å². The van der Waals surface area contributed by atoms with Gasteiger partial charge in [0.25, 0.3) is 0 Å². The maximum atomic E-state index is 13.9. The van der Waals surface area contributed by atoms with Gasteiger partial charge in [0.2, 0.25) is 0 Å². The van der Waals surface area contributed by atoms with Crippen molar-refractivity contribution in [3.8, 4) is 11.5 Å². The number of para-hydroxylation sites is 1. The molecule has 28 heavy (non-hydrogen) atoms. The molecule has 0 spiro atoms. The normalized spacial score (nSPS) is 10.7. The van der Waals surface area contributed by atoms with Crippen molar-refractivity contribution in [2.24, 2.45) is 0 Å².